The third-order valence-corrected chi connectivity index (χ3v) is 14.3. The predicted molar refractivity (Wildman–Crippen MR) is 263 cm³/mol. The number of nitrogens with one attached hydrogen (secondary N) is 1. The highest BCUT2D eigenvalue weighted by Crippen LogP contribution is 2.67. The number of nitrogens with zero attached hydrogens (tertiary/aromatic N) is 1. The smallest absolute Gasteiger partial charge is 0.410 e. The van der Waals surface area contributed by atoms with Gasteiger partial charge in [0.25, 0.3) is 0 Å². The summed E-state index contributed by atoms with van der Waals surface area (Å²) in [4.78, 5) is 80.7. The monoisotopic (exact) mass is 1010 g/mol. The van der Waals surface area contributed by atoms with Crippen LogP contribution in [0.4, 0.5) is 14.5 Å². The molecule has 0 saturated heterocycles. The van der Waals surface area contributed by atoms with Gasteiger partial charge in [-0.2, -0.15) is 8.78 Å². The minimum atomic E-state index is -5.57. The van der Waals surface area contributed by atoms with Crippen molar-refractivity contribution >= 4 is 54.3 Å². The molecule has 3 amide bonds. The number of esters is 2. The number of amides is 3. The fourth-order valence-electron chi connectivity index (χ4n) is 8.08. The van der Waals surface area contributed by atoms with E-state index in [-0.39, 0.29) is 32.3 Å². The van der Waals surface area contributed by atoms with Gasteiger partial charge < -0.3 is 25.3 Å². The second kappa shape index (κ2) is 23.3. The van der Waals surface area contributed by atoms with Gasteiger partial charge in [-0.1, -0.05) is 80.6 Å². The van der Waals surface area contributed by atoms with E-state index in [0.29, 0.717) is 35.6 Å². The van der Waals surface area contributed by atoms with Gasteiger partial charge in [0, 0.05) is 30.7 Å². The number of rotatable bonds is 22. The lowest BCUT2D eigenvalue weighted by atomic mass is 9.92. The van der Waals surface area contributed by atoms with E-state index in [1.807, 2.05) is 49.4 Å². The first kappa shape index (κ1) is 56.3. The number of benzene rings is 3. The first-order valence-corrected chi connectivity index (χ1v) is 25.3. The van der Waals surface area contributed by atoms with Gasteiger partial charge in [-0.25, -0.2) is 0 Å². The Morgan fingerprint density at radius 1 is 0.859 bits per heavy atom. The van der Waals surface area contributed by atoms with E-state index in [2.05, 4.69) is 19.2 Å². The average molecular weight is 1010 g/mol. The van der Waals surface area contributed by atoms with Gasteiger partial charge in [-0.05, 0) is 120 Å². The van der Waals surface area contributed by atoms with Gasteiger partial charge in [0.05, 0.1) is 35.3 Å². The van der Waals surface area contributed by atoms with Crippen LogP contribution in [0.25, 0.3) is 5.57 Å². The van der Waals surface area contributed by atoms with E-state index < -0.39 is 103 Å². The molecular weight excluding hydrogens is 940 g/mol. The van der Waals surface area contributed by atoms with Crippen LogP contribution in [0, 0.1) is 16.7 Å². The van der Waals surface area contributed by atoms with Crippen molar-refractivity contribution in [2.75, 3.05) is 18.5 Å². The van der Waals surface area contributed by atoms with Crippen molar-refractivity contribution in [2.24, 2.45) is 22.5 Å². The van der Waals surface area contributed by atoms with Crippen molar-refractivity contribution in [1.29, 1.82) is 0 Å². The number of allylic oxidation sites excluding steroid dienone is 2. The van der Waals surface area contributed by atoms with Crippen LogP contribution < -0.4 is 16.0 Å². The summed E-state index contributed by atoms with van der Waals surface area (Å²) in [5, 5.41) is 3.06. The average Bonchev–Trinajstić information content (AvgIpc) is 3.64. The predicted octanol–water partition coefficient (Wildman–Crippen LogP) is 9.42. The molecule has 3 N–H and O–H groups in total. The maximum atomic E-state index is 16.2. The Bertz CT molecular complexity index is 2480. The Morgan fingerprint density at radius 2 is 1.44 bits per heavy atom. The molecule has 2 heterocycles. The molecule has 0 fully saturated rings. The molecule has 0 aliphatic carbocycles. The van der Waals surface area contributed by atoms with Crippen LogP contribution in [0.3, 0.4) is 0 Å². The molecule has 0 radical (unpaired) electrons. The van der Waals surface area contributed by atoms with Gasteiger partial charge >= 0.3 is 25.2 Å². The van der Waals surface area contributed by atoms with Crippen LogP contribution in [-0.2, 0) is 81.7 Å². The number of nitrogens with two attached hydrogens (primary N) is 1. The van der Waals surface area contributed by atoms with Crippen LogP contribution in [-0.4, -0.2) is 67.2 Å². The summed E-state index contributed by atoms with van der Waals surface area (Å²) in [6.45, 7) is 14.7. The number of halogens is 2. The summed E-state index contributed by atoms with van der Waals surface area (Å²) in [6.07, 6.45) is 1.80. The van der Waals surface area contributed by atoms with Crippen LogP contribution >= 0.6 is 7.60 Å². The molecule has 15 nitrogen and oxygen atoms in total. The van der Waals surface area contributed by atoms with E-state index in [1.54, 1.807) is 6.92 Å². The molecule has 386 valence electrons. The number of primary amides is 1. The second-order valence-corrected chi connectivity index (χ2v) is 22.7. The van der Waals surface area contributed by atoms with Crippen LogP contribution in [0.1, 0.15) is 134 Å². The van der Waals surface area contributed by atoms with E-state index in [9.17, 15) is 33.3 Å². The maximum absolute atomic E-state index is 16.2. The SMILES string of the molecule is C/C(=C\C(=O)C[C@H]1CCc2cccc3c2N(C1=O)[C@H](C(=O)N[C@@H](CCC(N)=O)[C@@H](C)OCc1ccc(C(C)C)cc1)C3)c1ccc(C(F)(F)P(=O)(OCOC(=O)C(C)(C)C)OCOC(=O)C(C)(C)C)cc1. The van der Waals surface area contributed by atoms with Crippen molar-refractivity contribution in [3.05, 3.63) is 106 Å². The summed E-state index contributed by atoms with van der Waals surface area (Å²) < 4.78 is 72.1. The summed E-state index contributed by atoms with van der Waals surface area (Å²) in [7, 11) is -5.57. The van der Waals surface area contributed by atoms with Crippen LogP contribution in [0.15, 0.2) is 72.8 Å². The molecule has 18 heteroatoms. The van der Waals surface area contributed by atoms with E-state index in [4.69, 9.17) is 29.0 Å². The number of hydrogen-bond acceptors (Lipinski definition) is 12. The molecule has 71 heavy (non-hydrogen) atoms. The standard InChI is InChI=1S/C53H68F2N3O12P/c1-32(2)36-16-14-35(15-17-36)29-66-34(4)43(24-25-45(56)60)57-47(61)44-28-39-13-11-12-38-18-19-40(48(62)58(44)46(38)39)27-42(59)26-33(3)37-20-22-41(23-21-37)53(54,55)71(65,69-30-67-49(63)51(5,6)7)70-31-68-50(64)52(8,9)10/h11-17,20-23,26,32,34,40,43-44H,18-19,24-25,27-31H2,1-10H3,(H2,56,60)(H,57,61)/b33-26+/t34-,40-,43+,44+/m1/s1. The lowest BCUT2D eigenvalue weighted by Gasteiger charge is -2.31. The number of hydrogen-bond donors (Lipinski definition) is 2. The minimum Gasteiger partial charge on any atom is -0.438 e. The number of para-hydroxylation sites is 1. The fourth-order valence-corrected chi connectivity index (χ4v) is 9.33. The lowest BCUT2D eigenvalue weighted by Crippen LogP contribution is -2.54. The Morgan fingerprint density at radius 3 is 1.99 bits per heavy atom. The highest BCUT2D eigenvalue weighted by atomic mass is 31.2. The molecular formula is C53H68F2N3O12P. The fraction of sp³-hybridized carbons (Fsp3) is 0.509. The molecule has 2 aliphatic heterocycles. The molecule has 4 atom stereocenters. The van der Waals surface area contributed by atoms with Gasteiger partial charge in [0.1, 0.15) is 6.04 Å². The number of anilines is 1. The number of ketones is 1. The number of carbonyl (C=O) groups is 6. The van der Waals surface area contributed by atoms with Crippen LogP contribution in [0.5, 0.6) is 0 Å². The van der Waals surface area contributed by atoms with Crippen LogP contribution in [0.2, 0.25) is 0 Å². The van der Waals surface area contributed by atoms with E-state index in [0.717, 1.165) is 28.8 Å². The molecule has 0 saturated carbocycles. The van der Waals surface area contributed by atoms with Crippen molar-refractivity contribution in [2.45, 2.75) is 144 Å². The van der Waals surface area contributed by atoms with Crippen molar-refractivity contribution in [3.63, 3.8) is 0 Å². The Balaban J connectivity index is 1.30. The van der Waals surface area contributed by atoms with Crippen molar-refractivity contribution < 1.29 is 65.4 Å². The molecule has 0 unspecified atom stereocenters. The summed E-state index contributed by atoms with van der Waals surface area (Å²) in [5.41, 5.74) is 3.49. The Kier molecular flexibility index (Phi) is 18.5. The van der Waals surface area contributed by atoms with Gasteiger partial charge in [-0.3, -0.25) is 47.3 Å². The van der Waals surface area contributed by atoms with Gasteiger partial charge in [0.2, 0.25) is 31.3 Å². The Labute approximate surface area is 415 Å². The van der Waals surface area contributed by atoms with E-state index in [1.165, 1.54) is 70.2 Å². The zero-order valence-electron chi connectivity index (χ0n) is 42.3. The maximum Gasteiger partial charge on any atom is 0.410 e. The topological polar surface area (TPSA) is 207 Å². The molecule has 0 aromatic heterocycles. The molecule has 3 aromatic rings. The number of alkyl halides is 2. The second-order valence-electron chi connectivity index (χ2n) is 20.6. The quantitative estimate of drug-likeness (QED) is 0.0418. The number of aryl methyl sites for hydroxylation is 1. The van der Waals surface area contributed by atoms with Gasteiger partial charge in [-0.15, -0.1) is 0 Å². The summed E-state index contributed by atoms with van der Waals surface area (Å²) in [6, 6.07) is 16.7. The minimum absolute atomic E-state index is 0.00498. The molecule has 0 bridgehead atoms. The molecule has 5 rings (SSSR count). The zero-order chi connectivity index (χ0) is 52.6. The van der Waals surface area contributed by atoms with Crippen molar-refractivity contribution in [1.82, 2.24) is 5.32 Å². The zero-order valence-corrected chi connectivity index (χ0v) is 43.2. The third-order valence-electron chi connectivity index (χ3n) is 12.5. The Hall–Kier alpha value is -5.61. The number of ether oxygens (including phenoxy) is 3. The molecule has 0 spiro atoms. The first-order chi connectivity index (χ1) is 33.1. The highest BCUT2D eigenvalue weighted by Gasteiger charge is 2.56. The van der Waals surface area contributed by atoms with Gasteiger partial charge in [0.15, 0.2) is 5.78 Å². The van der Waals surface area contributed by atoms with E-state index >= 15 is 8.78 Å². The molecule has 2 aliphatic rings. The third kappa shape index (κ3) is 14.3. The summed E-state index contributed by atoms with van der Waals surface area (Å²) >= 11 is 0. The summed E-state index contributed by atoms with van der Waals surface area (Å²) in [5.74, 6) is -3.86. The first-order valence-electron chi connectivity index (χ1n) is 23.8. The lowest BCUT2D eigenvalue weighted by molar-refractivity contribution is -0.163. The normalized spacial score (nSPS) is 17.3. The van der Waals surface area contributed by atoms with Crippen molar-refractivity contribution in [3.8, 4) is 0 Å². The number of carbonyl (C=O) groups excluding carboxylic acids is 6. The highest BCUT2D eigenvalue weighted by molar-refractivity contribution is 7.54. The largest absolute Gasteiger partial charge is 0.438 e. The molecule has 3 aromatic carbocycles.